The first kappa shape index (κ1) is 18.8. The number of ether oxygens (including phenoxy) is 1. The van der Waals surface area contributed by atoms with E-state index >= 15 is 0 Å². The van der Waals surface area contributed by atoms with Crippen LogP contribution in [-0.2, 0) is 0 Å². The van der Waals surface area contributed by atoms with Gasteiger partial charge in [0.1, 0.15) is 5.75 Å². The van der Waals surface area contributed by atoms with E-state index in [1.54, 1.807) is 0 Å². The van der Waals surface area contributed by atoms with Crippen molar-refractivity contribution in [3.8, 4) is 5.75 Å². The van der Waals surface area contributed by atoms with Crippen molar-refractivity contribution in [3.05, 3.63) is 29.8 Å². The molecule has 0 unspecified atom stereocenters. The van der Waals surface area contributed by atoms with Gasteiger partial charge in [-0.25, -0.2) is 0 Å². The van der Waals surface area contributed by atoms with Crippen molar-refractivity contribution in [3.63, 3.8) is 0 Å². The Kier molecular flexibility index (Phi) is 8.94. The molecule has 1 aliphatic rings. The minimum atomic E-state index is -0.0379. The minimum Gasteiger partial charge on any atom is -0.493 e. The normalized spacial score (nSPS) is 15.0. The van der Waals surface area contributed by atoms with Gasteiger partial charge in [0.05, 0.1) is 6.61 Å². The van der Waals surface area contributed by atoms with Crippen molar-refractivity contribution in [1.29, 1.82) is 0 Å². The molecule has 124 valence electrons. The predicted octanol–water partition coefficient (Wildman–Crippen LogP) is 3.02. The number of carbonyl (C=O) groups is 1. The topological polar surface area (TPSA) is 50.4 Å². The number of rotatable bonds is 7. The summed E-state index contributed by atoms with van der Waals surface area (Å²) >= 11 is 0. The monoisotopic (exact) mass is 326 g/mol. The van der Waals surface area contributed by atoms with Gasteiger partial charge in [-0.15, -0.1) is 12.4 Å². The highest BCUT2D eigenvalue weighted by molar-refractivity contribution is 5.94. The third kappa shape index (κ3) is 6.24. The number of amides is 1. The summed E-state index contributed by atoms with van der Waals surface area (Å²) in [5, 5.41) is 5.86. The molecule has 0 radical (unpaired) electrons. The zero-order chi connectivity index (χ0) is 14.9. The molecule has 1 aromatic carbocycles. The van der Waals surface area contributed by atoms with E-state index in [1.807, 2.05) is 31.3 Å². The second kappa shape index (κ2) is 10.5. The average molecular weight is 327 g/mol. The molecule has 1 saturated carbocycles. The number of benzene rings is 1. The van der Waals surface area contributed by atoms with Crippen LogP contribution < -0.4 is 15.4 Å². The summed E-state index contributed by atoms with van der Waals surface area (Å²) in [7, 11) is 1.87. The maximum absolute atomic E-state index is 11.9. The van der Waals surface area contributed by atoms with E-state index in [0.29, 0.717) is 18.0 Å². The van der Waals surface area contributed by atoms with Crippen molar-refractivity contribution in [1.82, 2.24) is 10.6 Å². The number of likely N-dealkylation sites (N-methyl/N-ethyl adjacent to an activating group) is 1. The van der Waals surface area contributed by atoms with Crippen molar-refractivity contribution < 1.29 is 9.53 Å². The Bertz CT molecular complexity index is 431. The standard InChI is InChI=1S/C17H26N2O2.ClH/c1-18-11-12-19-17(20)15-7-9-16(10-8-15)21-13-14-5-3-2-4-6-14;/h7-10,14,18H,2-6,11-13H2,1H3,(H,19,20);1H. The number of nitrogens with one attached hydrogen (secondary N) is 2. The molecule has 0 spiro atoms. The van der Waals surface area contributed by atoms with E-state index in [0.717, 1.165) is 18.9 Å². The van der Waals surface area contributed by atoms with E-state index in [4.69, 9.17) is 4.74 Å². The number of hydrogen-bond donors (Lipinski definition) is 2. The van der Waals surface area contributed by atoms with Crippen LogP contribution >= 0.6 is 12.4 Å². The molecule has 0 heterocycles. The molecule has 1 aliphatic carbocycles. The van der Waals surface area contributed by atoms with Crippen molar-refractivity contribution in [2.45, 2.75) is 32.1 Å². The van der Waals surface area contributed by atoms with Crippen LogP contribution in [0, 0.1) is 5.92 Å². The predicted molar refractivity (Wildman–Crippen MR) is 92.0 cm³/mol. The van der Waals surface area contributed by atoms with Gasteiger partial charge in [0, 0.05) is 18.7 Å². The molecular weight excluding hydrogens is 300 g/mol. The molecule has 4 nitrogen and oxygen atoms in total. The zero-order valence-corrected chi connectivity index (χ0v) is 14.1. The summed E-state index contributed by atoms with van der Waals surface area (Å²) in [6.45, 7) is 2.21. The summed E-state index contributed by atoms with van der Waals surface area (Å²) in [5.41, 5.74) is 0.677. The van der Waals surface area contributed by atoms with Gasteiger partial charge in [0.25, 0.3) is 5.91 Å². The van der Waals surface area contributed by atoms with Gasteiger partial charge in [-0.2, -0.15) is 0 Å². The molecule has 1 fully saturated rings. The summed E-state index contributed by atoms with van der Waals surface area (Å²) in [6, 6.07) is 7.42. The molecule has 5 heteroatoms. The third-order valence-corrected chi connectivity index (χ3v) is 3.99. The van der Waals surface area contributed by atoms with Crippen LogP contribution in [0.25, 0.3) is 0 Å². The van der Waals surface area contributed by atoms with Gasteiger partial charge in [-0.05, 0) is 50.1 Å². The van der Waals surface area contributed by atoms with Gasteiger partial charge in [0.2, 0.25) is 0 Å². The zero-order valence-electron chi connectivity index (χ0n) is 13.3. The van der Waals surface area contributed by atoms with Crippen LogP contribution in [0.1, 0.15) is 42.5 Å². The largest absolute Gasteiger partial charge is 0.493 e. The molecule has 1 aromatic rings. The lowest BCUT2D eigenvalue weighted by Crippen LogP contribution is -2.30. The van der Waals surface area contributed by atoms with Gasteiger partial charge in [0.15, 0.2) is 0 Å². The van der Waals surface area contributed by atoms with Crippen LogP contribution in [0.15, 0.2) is 24.3 Å². The lowest BCUT2D eigenvalue weighted by atomic mass is 9.90. The fraction of sp³-hybridized carbons (Fsp3) is 0.588. The molecule has 0 aromatic heterocycles. The Morgan fingerprint density at radius 3 is 2.45 bits per heavy atom. The van der Waals surface area contributed by atoms with Gasteiger partial charge in [-0.1, -0.05) is 19.3 Å². The van der Waals surface area contributed by atoms with Crippen molar-refractivity contribution in [2.75, 3.05) is 26.7 Å². The molecule has 0 saturated heterocycles. The fourth-order valence-electron chi connectivity index (χ4n) is 2.67. The van der Waals surface area contributed by atoms with Gasteiger partial charge >= 0.3 is 0 Å². The minimum absolute atomic E-state index is 0. The van der Waals surface area contributed by atoms with Crippen molar-refractivity contribution >= 4 is 18.3 Å². The Balaban J connectivity index is 0.00000242. The lowest BCUT2D eigenvalue weighted by molar-refractivity contribution is 0.0954. The van der Waals surface area contributed by atoms with Crippen molar-refractivity contribution in [2.24, 2.45) is 5.92 Å². The van der Waals surface area contributed by atoms with E-state index in [-0.39, 0.29) is 18.3 Å². The molecular formula is C17H27ClN2O2. The van der Waals surface area contributed by atoms with E-state index < -0.39 is 0 Å². The van der Waals surface area contributed by atoms with Crippen LogP contribution in [0.4, 0.5) is 0 Å². The molecule has 1 amide bonds. The first-order valence-corrected chi connectivity index (χ1v) is 7.95. The highest BCUT2D eigenvalue weighted by atomic mass is 35.5. The first-order chi connectivity index (χ1) is 10.3. The highest BCUT2D eigenvalue weighted by Gasteiger charge is 2.14. The molecule has 0 atom stereocenters. The first-order valence-electron chi connectivity index (χ1n) is 7.95. The maximum Gasteiger partial charge on any atom is 0.251 e. The van der Waals surface area contributed by atoms with Crippen LogP contribution in [0.3, 0.4) is 0 Å². The average Bonchev–Trinajstić information content (AvgIpc) is 2.54. The molecule has 2 rings (SSSR count). The summed E-state index contributed by atoms with van der Waals surface area (Å²) in [4.78, 5) is 11.9. The lowest BCUT2D eigenvalue weighted by Gasteiger charge is -2.21. The summed E-state index contributed by atoms with van der Waals surface area (Å²) in [6.07, 6.45) is 6.60. The Morgan fingerprint density at radius 1 is 1.14 bits per heavy atom. The summed E-state index contributed by atoms with van der Waals surface area (Å²) < 4.78 is 5.84. The van der Waals surface area contributed by atoms with Crippen LogP contribution in [0.5, 0.6) is 5.75 Å². The molecule has 2 N–H and O–H groups in total. The Hall–Kier alpha value is -1.26. The second-order valence-electron chi connectivity index (χ2n) is 5.70. The smallest absolute Gasteiger partial charge is 0.251 e. The van der Waals surface area contributed by atoms with Crippen LogP contribution in [0.2, 0.25) is 0 Å². The molecule has 0 aliphatic heterocycles. The fourth-order valence-corrected chi connectivity index (χ4v) is 2.67. The van der Waals surface area contributed by atoms with Gasteiger partial charge < -0.3 is 15.4 Å². The second-order valence-corrected chi connectivity index (χ2v) is 5.70. The van der Waals surface area contributed by atoms with Crippen LogP contribution in [-0.4, -0.2) is 32.7 Å². The SMILES string of the molecule is CNCCNC(=O)c1ccc(OCC2CCCCC2)cc1.Cl. The number of carbonyl (C=O) groups excluding carboxylic acids is 1. The van der Waals surface area contributed by atoms with Gasteiger partial charge in [-0.3, -0.25) is 4.79 Å². The van der Waals surface area contributed by atoms with E-state index in [9.17, 15) is 4.79 Å². The third-order valence-electron chi connectivity index (χ3n) is 3.99. The molecule has 0 bridgehead atoms. The quantitative estimate of drug-likeness (QED) is 0.757. The maximum atomic E-state index is 11.9. The molecule has 22 heavy (non-hydrogen) atoms. The Labute approximate surface area is 139 Å². The van der Waals surface area contributed by atoms with E-state index in [2.05, 4.69) is 10.6 Å². The number of hydrogen-bond acceptors (Lipinski definition) is 3. The Morgan fingerprint density at radius 2 is 1.82 bits per heavy atom. The summed E-state index contributed by atoms with van der Waals surface area (Å²) in [5.74, 6) is 1.51. The number of halogens is 1. The highest BCUT2D eigenvalue weighted by Crippen LogP contribution is 2.24. The van der Waals surface area contributed by atoms with E-state index in [1.165, 1.54) is 32.1 Å².